The van der Waals surface area contributed by atoms with Gasteiger partial charge in [-0.1, -0.05) is 24.3 Å². The Morgan fingerprint density at radius 2 is 1.29 bits per heavy atom. The summed E-state index contributed by atoms with van der Waals surface area (Å²) in [5.41, 5.74) is 2.32. The molecule has 2 rings (SSSR count). The fourth-order valence-corrected chi connectivity index (χ4v) is 2.63. The highest BCUT2D eigenvalue weighted by Gasteiger charge is 2.22. The van der Waals surface area contributed by atoms with E-state index in [-0.39, 0.29) is 0 Å². The van der Waals surface area contributed by atoms with E-state index < -0.39 is 4.08 Å². The summed E-state index contributed by atoms with van der Waals surface area (Å²) in [6.07, 6.45) is 1.74. The van der Waals surface area contributed by atoms with Crippen molar-refractivity contribution in [2.24, 2.45) is 0 Å². The molecule has 0 spiro atoms. The van der Waals surface area contributed by atoms with Crippen LogP contribution in [0.25, 0.3) is 0 Å². The van der Waals surface area contributed by atoms with E-state index in [1.807, 2.05) is 36.4 Å². The van der Waals surface area contributed by atoms with Crippen molar-refractivity contribution < 1.29 is 9.47 Å². The molecule has 0 aliphatic rings. The lowest BCUT2D eigenvalue weighted by Crippen LogP contribution is -2.12. The van der Waals surface area contributed by atoms with E-state index in [2.05, 4.69) is 12.1 Å². The molecule has 0 heterocycles. The standard InChI is InChI=1S/C17H20O2S2/c1-18-15-7-3-13(4-8-15)11-12-17(20,21)14-5-9-16(19-2)10-6-14/h3-10,20-21H,11-12H2,1-2H3. The van der Waals surface area contributed by atoms with E-state index >= 15 is 0 Å². The third-order valence-corrected chi connectivity index (χ3v) is 4.44. The van der Waals surface area contributed by atoms with Gasteiger partial charge in [-0.05, 0) is 48.2 Å². The molecule has 0 fully saturated rings. The quantitative estimate of drug-likeness (QED) is 0.609. The molecular weight excluding hydrogens is 300 g/mol. The Hall–Kier alpha value is -1.26. The van der Waals surface area contributed by atoms with Crippen LogP contribution in [0.2, 0.25) is 0 Å². The lowest BCUT2D eigenvalue weighted by Gasteiger charge is -2.23. The SMILES string of the molecule is COc1ccc(CCC(S)(S)c2ccc(OC)cc2)cc1. The van der Waals surface area contributed by atoms with Gasteiger partial charge in [0.15, 0.2) is 0 Å². The molecule has 21 heavy (non-hydrogen) atoms. The first-order valence-corrected chi connectivity index (χ1v) is 7.67. The van der Waals surface area contributed by atoms with Gasteiger partial charge in [0, 0.05) is 0 Å². The number of rotatable bonds is 6. The van der Waals surface area contributed by atoms with Crippen molar-refractivity contribution in [2.75, 3.05) is 14.2 Å². The summed E-state index contributed by atoms with van der Waals surface area (Å²) in [6.45, 7) is 0. The van der Waals surface area contributed by atoms with Gasteiger partial charge in [0.25, 0.3) is 0 Å². The molecule has 0 amide bonds. The number of benzene rings is 2. The summed E-state index contributed by atoms with van der Waals surface area (Å²) in [4.78, 5) is 0. The molecule has 2 aromatic carbocycles. The third kappa shape index (κ3) is 4.35. The highest BCUT2D eigenvalue weighted by Crippen LogP contribution is 2.38. The fraction of sp³-hybridized carbons (Fsp3) is 0.294. The summed E-state index contributed by atoms with van der Waals surface area (Å²) in [5, 5.41) is 0. The molecule has 2 nitrogen and oxygen atoms in total. The first-order chi connectivity index (χ1) is 10.0. The van der Waals surface area contributed by atoms with Crippen LogP contribution in [-0.4, -0.2) is 14.2 Å². The summed E-state index contributed by atoms with van der Waals surface area (Å²) in [7, 11) is 3.33. The zero-order chi connectivity index (χ0) is 15.3. The average Bonchev–Trinajstić information content (AvgIpc) is 2.53. The normalized spacial score (nSPS) is 11.2. The lowest BCUT2D eigenvalue weighted by molar-refractivity contribution is 0.414. The molecule has 0 bridgehead atoms. The van der Waals surface area contributed by atoms with Crippen molar-refractivity contribution in [2.45, 2.75) is 16.9 Å². The lowest BCUT2D eigenvalue weighted by atomic mass is 10.0. The maximum absolute atomic E-state index is 5.17. The second kappa shape index (κ2) is 7.14. The van der Waals surface area contributed by atoms with Crippen molar-refractivity contribution in [1.82, 2.24) is 0 Å². The van der Waals surface area contributed by atoms with Gasteiger partial charge in [-0.25, -0.2) is 0 Å². The number of aryl methyl sites for hydroxylation is 1. The van der Waals surface area contributed by atoms with Crippen LogP contribution in [0.15, 0.2) is 48.5 Å². The van der Waals surface area contributed by atoms with E-state index in [1.54, 1.807) is 14.2 Å². The molecule has 0 saturated heterocycles. The second-order valence-electron chi connectivity index (χ2n) is 4.89. The van der Waals surface area contributed by atoms with Gasteiger partial charge in [0.2, 0.25) is 0 Å². The van der Waals surface area contributed by atoms with Gasteiger partial charge in [-0.15, -0.1) is 0 Å². The first kappa shape index (κ1) is 16.1. The molecule has 0 aliphatic carbocycles. The van der Waals surface area contributed by atoms with E-state index in [0.29, 0.717) is 0 Å². The first-order valence-electron chi connectivity index (χ1n) is 6.77. The van der Waals surface area contributed by atoms with Crippen LogP contribution < -0.4 is 9.47 Å². The van der Waals surface area contributed by atoms with Gasteiger partial charge < -0.3 is 9.47 Å². The Balaban J connectivity index is 2.01. The monoisotopic (exact) mass is 320 g/mol. The van der Waals surface area contributed by atoms with Crippen LogP contribution in [-0.2, 0) is 10.5 Å². The molecule has 0 unspecified atom stereocenters. The fourth-order valence-electron chi connectivity index (χ4n) is 2.11. The van der Waals surface area contributed by atoms with Crippen molar-refractivity contribution >= 4 is 25.3 Å². The smallest absolute Gasteiger partial charge is 0.118 e. The van der Waals surface area contributed by atoms with Crippen molar-refractivity contribution in [3.05, 3.63) is 59.7 Å². The molecule has 0 aromatic heterocycles. The Labute approximate surface area is 137 Å². The Morgan fingerprint density at radius 3 is 1.76 bits per heavy atom. The zero-order valence-corrected chi connectivity index (χ0v) is 14.0. The molecule has 0 aliphatic heterocycles. The van der Waals surface area contributed by atoms with E-state index in [0.717, 1.165) is 29.9 Å². The van der Waals surface area contributed by atoms with Gasteiger partial charge >= 0.3 is 0 Å². The van der Waals surface area contributed by atoms with Crippen molar-refractivity contribution in [3.8, 4) is 11.5 Å². The number of ether oxygens (including phenoxy) is 2. The van der Waals surface area contributed by atoms with E-state index in [1.165, 1.54) is 5.56 Å². The number of methoxy groups -OCH3 is 2. The minimum atomic E-state index is -0.466. The maximum atomic E-state index is 5.17. The van der Waals surface area contributed by atoms with E-state index in [9.17, 15) is 0 Å². The summed E-state index contributed by atoms with van der Waals surface area (Å²) < 4.78 is 9.87. The molecule has 4 heteroatoms. The molecule has 0 saturated carbocycles. The van der Waals surface area contributed by atoms with E-state index in [4.69, 9.17) is 34.7 Å². The van der Waals surface area contributed by atoms with Crippen LogP contribution >= 0.6 is 25.3 Å². The van der Waals surface area contributed by atoms with Crippen LogP contribution in [0.4, 0.5) is 0 Å². The maximum Gasteiger partial charge on any atom is 0.118 e. The van der Waals surface area contributed by atoms with Gasteiger partial charge in [-0.3, -0.25) is 0 Å². The van der Waals surface area contributed by atoms with Crippen LogP contribution in [0.3, 0.4) is 0 Å². The zero-order valence-electron chi connectivity index (χ0n) is 12.2. The highest BCUT2D eigenvalue weighted by atomic mass is 32.2. The topological polar surface area (TPSA) is 18.5 Å². The van der Waals surface area contributed by atoms with Gasteiger partial charge in [-0.2, -0.15) is 25.3 Å². The largest absolute Gasteiger partial charge is 0.497 e. The summed E-state index contributed by atoms with van der Waals surface area (Å²) in [6, 6.07) is 16.0. The summed E-state index contributed by atoms with van der Waals surface area (Å²) in [5.74, 6) is 1.71. The molecular formula is C17H20O2S2. The minimum absolute atomic E-state index is 0.466. The molecule has 0 N–H and O–H groups in total. The number of hydrogen-bond acceptors (Lipinski definition) is 4. The summed E-state index contributed by atoms with van der Waals surface area (Å²) >= 11 is 9.41. The Bertz CT molecular complexity index is 562. The number of hydrogen-bond donors (Lipinski definition) is 2. The third-order valence-electron chi connectivity index (χ3n) is 3.47. The molecule has 2 aromatic rings. The molecule has 0 radical (unpaired) electrons. The minimum Gasteiger partial charge on any atom is -0.497 e. The van der Waals surface area contributed by atoms with Crippen LogP contribution in [0.1, 0.15) is 17.5 Å². The highest BCUT2D eigenvalue weighted by molar-refractivity contribution is 7.99. The predicted molar refractivity (Wildman–Crippen MR) is 94.0 cm³/mol. The van der Waals surface area contributed by atoms with Crippen molar-refractivity contribution in [3.63, 3.8) is 0 Å². The second-order valence-corrected chi connectivity index (χ2v) is 6.77. The van der Waals surface area contributed by atoms with Crippen molar-refractivity contribution in [1.29, 1.82) is 0 Å². The molecule has 112 valence electrons. The average molecular weight is 320 g/mol. The predicted octanol–water partition coefficient (Wildman–Crippen LogP) is 4.35. The molecule has 0 atom stereocenters. The van der Waals surface area contributed by atoms with Crippen LogP contribution in [0, 0.1) is 0 Å². The van der Waals surface area contributed by atoms with Crippen LogP contribution in [0.5, 0.6) is 11.5 Å². The van der Waals surface area contributed by atoms with Gasteiger partial charge in [0.1, 0.15) is 11.5 Å². The van der Waals surface area contributed by atoms with Gasteiger partial charge in [0.05, 0.1) is 18.3 Å². The number of thiol groups is 2. The Kier molecular flexibility index (Phi) is 5.48. The Morgan fingerprint density at radius 1 is 0.810 bits per heavy atom.